The van der Waals surface area contributed by atoms with Crippen molar-refractivity contribution in [3.05, 3.63) is 29.8 Å². The molecule has 4 N–H and O–H groups in total. The zero-order valence-electron chi connectivity index (χ0n) is 19.0. The van der Waals surface area contributed by atoms with E-state index in [1.54, 1.807) is 13.8 Å². The first-order chi connectivity index (χ1) is 15.3. The summed E-state index contributed by atoms with van der Waals surface area (Å²) in [5.74, 6) is -2.03. The number of nitrogen functional groups attached to an aromatic ring is 1. The van der Waals surface area contributed by atoms with E-state index in [1.165, 1.54) is 0 Å². The monoisotopic (exact) mass is 445 g/mol. The van der Waals surface area contributed by atoms with E-state index in [0.717, 1.165) is 50.3 Å². The lowest BCUT2D eigenvalue weighted by Crippen LogP contribution is -2.56. The van der Waals surface area contributed by atoms with Crippen LogP contribution < -0.4 is 10.6 Å². The number of carbonyl (C=O) groups is 2. The number of piperazine rings is 1. The molecule has 2 fully saturated rings. The lowest BCUT2D eigenvalue weighted by Gasteiger charge is -2.44. The van der Waals surface area contributed by atoms with Crippen molar-refractivity contribution in [1.82, 2.24) is 9.80 Å². The molecule has 9 heteroatoms. The Morgan fingerprint density at radius 2 is 1.72 bits per heavy atom. The van der Waals surface area contributed by atoms with Crippen LogP contribution in [0.25, 0.3) is 0 Å². The topological polar surface area (TPSA) is 123 Å². The van der Waals surface area contributed by atoms with Gasteiger partial charge in [0.2, 0.25) is 0 Å². The number of carbonyl (C=O) groups excluding carboxylic acids is 1. The van der Waals surface area contributed by atoms with Gasteiger partial charge in [-0.2, -0.15) is 0 Å². The minimum absolute atomic E-state index is 0.0782. The van der Waals surface area contributed by atoms with E-state index in [9.17, 15) is 14.7 Å². The number of benzene rings is 1. The number of nitrogens with one attached hydrogen (secondary N) is 1. The highest BCUT2D eigenvalue weighted by Gasteiger charge is 2.38. The maximum Gasteiger partial charge on any atom is 0.321 e. The van der Waals surface area contributed by atoms with Gasteiger partial charge in [-0.15, -0.1) is 0 Å². The van der Waals surface area contributed by atoms with Crippen LogP contribution in [0.5, 0.6) is 0 Å². The normalized spacial score (nSPS) is 20.5. The molecule has 2 aliphatic rings. The molecule has 0 bridgehead atoms. The molecule has 1 aromatic carbocycles. The van der Waals surface area contributed by atoms with Crippen molar-refractivity contribution in [2.24, 2.45) is 11.7 Å². The van der Waals surface area contributed by atoms with Gasteiger partial charge in [0, 0.05) is 56.6 Å². The summed E-state index contributed by atoms with van der Waals surface area (Å²) >= 11 is 0. The number of hydrogen-bond donors (Lipinski definition) is 3. The molecule has 32 heavy (non-hydrogen) atoms. The van der Waals surface area contributed by atoms with E-state index >= 15 is 0 Å². The van der Waals surface area contributed by atoms with Gasteiger partial charge < -0.3 is 20.5 Å². The highest BCUT2D eigenvalue weighted by Crippen LogP contribution is 2.25. The van der Waals surface area contributed by atoms with Crippen molar-refractivity contribution in [2.75, 3.05) is 50.8 Å². The second-order valence-electron chi connectivity index (χ2n) is 8.57. The Morgan fingerprint density at radius 1 is 1.12 bits per heavy atom. The minimum Gasteiger partial charge on any atom is -0.480 e. The summed E-state index contributed by atoms with van der Waals surface area (Å²) in [6.45, 7) is 8.73. The van der Waals surface area contributed by atoms with Gasteiger partial charge in [-0.3, -0.25) is 24.8 Å². The summed E-state index contributed by atoms with van der Waals surface area (Å²) in [6.07, 6.45) is 1.79. The van der Waals surface area contributed by atoms with Crippen LogP contribution in [0.4, 0.5) is 5.69 Å². The molecule has 3 rings (SSSR count). The van der Waals surface area contributed by atoms with Gasteiger partial charge in [-0.05, 0) is 51.0 Å². The Hall–Kier alpha value is -2.65. The van der Waals surface area contributed by atoms with Gasteiger partial charge in [-0.1, -0.05) is 0 Å². The highest BCUT2D eigenvalue weighted by atomic mass is 16.5. The van der Waals surface area contributed by atoms with E-state index in [2.05, 4.69) is 9.80 Å². The number of nitrogens with zero attached hydrogens (tertiary/aromatic N) is 3. The average molecular weight is 446 g/mol. The molecule has 0 spiro atoms. The van der Waals surface area contributed by atoms with Crippen molar-refractivity contribution in [3.63, 3.8) is 0 Å². The number of hydrogen-bond acceptors (Lipinski definition) is 7. The molecule has 0 amide bonds. The first-order valence-electron chi connectivity index (χ1n) is 11.4. The van der Waals surface area contributed by atoms with Gasteiger partial charge in [0.25, 0.3) is 0 Å². The smallest absolute Gasteiger partial charge is 0.321 e. The van der Waals surface area contributed by atoms with Gasteiger partial charge in [0.15, 0.2) is 0 Å². The number of esters is 1. The number of ether oxygens (including phenoxy) is 1. The third-order valence-electron chi connectivity index (χ3n) is 6.65. The third-order valence-corrected chi connectivity index (χ3v) is 6.65. The standard InChI is InChI=1S/C23H35N5O4/c1-3-32-23(31)16(2)20(22(29)30)28-10-8-19(9-11-28)27-14-12-26(13-15-27)18-6-4-17(5-7-18)21(24)25/h4-7,16,19-20H,3,8-15H2,1-2H3,(H3,24,25)(H,29,30). The Balaban J connectivity index is 1.50. The van der Waals surface area contributed by atoms with E-state index in [1.807, 2.05) is 29.2 Å². The van der Waals surface area contributed by atoms with Gasteiger partial charge in [0.1, 0.15) is 11.9 Å². The molecule has 0 aromatic heterocycles. The Kier molecular flexibility index (Phi) is 8.09. The summed E-state index contributed by atoms with van der Waals surface area (Å²) < 4.78 is 5.05. The van der Waals surface area contributed by atoms with Crippen molar-refractivity contribution < 1.29 is 19.4 Å². The van der Waals surface area contributed by atoms with Crippen molar-refractivity contribution in [3.8, 4) is 0 Å². The van der Waals surface area contributed by atoms with Crippen LogP contribution in [0.2, 0.25) is 0 Å². The lowest BCUT2D eigenvalue weighted by molar-refractivity contribution is -0.159. The molecule has 9 nitrogen and oxygen atoms in total. The SMILES string of the molecule is CCOC(=O)C(C)C(C(=O)O)N1CCC(N2CCN(c3ccc(C(=N)N)cc3)CC2)CC1. The Bertz CT molecular complexity index is 799. The van der Waals surface area contributed by atoms with Crippen molar-refractivity contribution in [1.29, 1.82) is 5.41 Å². The molecule has 2 atom stereocenters. The second-order valence-corrected chi connectivity index (χ2v) is 8.57. The molecule has 2 unspecified atom stereocenters. The molecule has 1 aromatic rings. The molecule has 0 radical (unpaired) electrons. The number of carboxylic acids is 1. The maximum absolute atomic E-state index is 12.1. The summed E-state index contributed by atoms with van der Waals surface area (Å²) in [5, 5.41) is 17.2. The molecule has 2 heterocycles. The predicted octanol–water partition coefficient (Wildman–Crippen LogP) is 1.21. The number of likely N-dealkylation sites (tertiary alicyclic amines) is 1. The summed E-state index contributed by atoms with van der Waals surface area (Å²) in [6, 6.07) is 7.39. The number of nitrogens with two attached hydrogens (primary N) is 1. The summed E-state index contributed by atoms with van der Waals surface area (Å²) in [7, 11) is 0. The zero-order valence-corrected chi connectivity index (χ0v) is 19.0. The number of anilines is 1. The first-order valence-corrected chi connectivity index (χ1v) is 11.4. The van der Waals surface area contributed by atoms with Crippen LogP contribution >= 0.6 is 0 Å². The third kappa shape index (κ3) is 5.58. The fraction of sp³-hybridized carbons (Fsp3) is 0.609. The molecule has 0 aliphatic carbocycles. The fourth-order valence-corrected chi connectivity index (χ4v) is 4.82. The second kappa shape index (κ2) is 10.8. The molecule has 2 aliphatic heterocycles. The average Bonchev–Trinajstić information content (AvgIpc) is 2.80. The van der Waals surface area contributed by atoms with Crippen LogP contribution in [0.1, 0.15) is 32.3 Å². The van der Waals surface area contributed by atoms with Crippen LogP contribution in [-0.4, -0.2) is 90.6 Å². The van der Waals surface area contributed by atoms with Crippen LogP contribution in [-0.2, 0) is 14.3 Å². The Morgan fingerprint density at radius 3 is 2.22 bits per heavy atom. The number of aliphatic carboxylic acids is 1. The first kappa shape index (κ1) is 24.0. The van der Waals surface area contributed by atoms with Gasteiger partial charge in [-0.25, -0.2) is 0 Å². The molecular formula is C23H35N5O4. The van der Waals surface area contributed by atoms with E-state index in [0.29, 0.717) is 19.1 Å². The quantitative estimate of drug-likeness (QED) is 0.310. The van der Waals surface area contributed by atoms with E-state index < -0.39 is 23.9 Å². The van der Waals surface area contributed by atoms with E-state index in [4.69, 9.17) is 15.9 Å². The summed E-state index contributed by atoms with van der Waals surface area (Å²) in [4.78, 5) is 30.7. The van der Waals surface area contributed by atoms with Gasteiger partial charge in [0.05, 0.1) is 12.5 Å². The number of piperidine rings is 1. The van der Waals surface area contributed by atoms with E-state index in [-0.39, 0.29) is 12.4 Å². The molecular weight excluding hydrogens is 410 g/mol. The van der Waals surface area contributed by atoms with Crippen molar-refractivity contribution in [2.45, 2.75) is 38.8 Å². The van der Waals surface area contributed by atoms with Crippen molar-refractivity contribution >= 4 is 23.5 Å². The molecule has 0 saturated carbocycles. The highest BCUT2D eigenvalue weighted by molar-refractivity contribution is 5.95. The zero-order chi connectivity index (χ0) is 23.3. The number of carboxylic acid groups (broad SMARTS) is 1. The largest absolute Gasteiger partial charge is 0.480 e. The molecule has 176 valence electrons. The maximum atomic E-state index is 12.1. The van der Waals surface area contributed by atoms with Crippen LogP contribution in [0.15, 0.2) is 24.3 Å². The van der Waals surface area contributed by atoms with Gasteiger partial charge >= 0.3 is 11.9 Å². The Labute approximate surface area is 189 Å². The predicted molar refractivity (Wildman–Crippen MR) is 123 cm³/mol. The van der Waals surface area contributed by atoms with Crippen LogP contribution in [0.3, 0.4) is 0 Å². The fourth-order valence-electron chi connectivity index (χ4n) is 4.82. The number of amidine groups is 1. The lowest BCUT2D eigenvalue weighted by atomic mass is 9.95. The minimum atomic E-state index is -0.964. The summed E-state index contributed by atoms with van der Waals surface area (Å²) in [5.41, 5.74) is 7.41. The molecule has 2 saturated heterocycles. The number of rotatable bonds is 8. The van der Waals surface area contributed by atoms with Crippen LogP contribution in [0, 0.1) is 11.3 Å².